The van der Waals surface area contributed by atoms with Crippen molar-refractivity contribution >= 4 is 28.7 Å². The highest BCUT2D eigenvalue weighted by Gasteiger charge is 2.28. The number of hydrogen-bond acceptors (Lipinski definition) is 5. The number of ether oxygens (including phenoxy) is 1. The molecule has 3 N–H and O–H groups in total. The fourth-order valence-corrected chi connectivity index (χ4v) is 3.42. The normalized spacial score (nSPS) is 12.9. The maximum Gasteiger partial charge on any atom is 0.336 e. The van der Waals surface area contributed by atoms with Gasteiger partial charge in [-0.15, -0.1) is 0 Å². The van der Waals surface area contributed by atoms with Gasteiger partial charge in [-0.1, -0.05) is 69.7 Å². The van der Waals surface area contributed by atoms with Crippen LogP contribution in [0.25, 0.3) is 10.8 Å². The van der Waals surface area contributed by atoms with E-state index >= 15 is 0 Å². The molecule has 8 nitrogen and oxygen atoms in total. The molecule has 0 spiro atoms. The number of carbonyl (C=O) groups is 3. The van der Waals surface area contributed by atoms with Crippen molar-refractivity contribution in [2.24, 2.45) is 5.92 Å². The molecule has 0 radical (unpaired) electrons. The molecule has 0 saturated heterocycles. The topological polar surface area (TPSA) is 116 Å². The predicted molar refractivity (Wildman–Crippen MR) is 126 cm³/mol. The molecule has 0 fully saturated rings. The summed E-state index contributed by atoms with van der Waals surface area (Å²) in [5.41, 5.74) is 0.774. The lowest BCUT2D eigenvalue weighted by Crippen LogP contribution is -2.52. The van der Waals surface area contributed by atoms with E-state index in [2.05, 4.69) is 5.32 Å². The Balaban J connectivity index is 2.08. The second-order valence-corrected chi connectivity index (χ2v) is 8.56. The summed E-state index contributed by atoms with van der Waals surface area (Å²) in [6.45, 7) is 5.89. The van der Waals surface area contributed by atoms with Crippen LogP contribution in [0.3, 0.4) is 0 Å². The van der Waals surface area contributed by atoms with Crippen molar-refractivity contribution in [3.05, 3.63) is 48.0 Å². The van der Waals surface area contributed by atoms with Crippen molar-refractivity contribution in [2.45, 2.75) is 52.2 Å². The van der Waals surface area contributed by atoms with Gasteiger partial charge in [-0.2, -0.15) is 0 Å². The summed E-state index contributed by atoms with van der Waals surface area (Å²) in [5, 5.41) is 24.5. The molecule has 0 aromatic heterocycles. The van der Waals surface area contributed by atoms with Crippen molar-refractivity contribution in [1.82, 2.24) is 10.2 Å². The lowest BCUT2D eigenvalue weighted by molar-refractivity contribution is -0.154. The second-order valence-electron chi connectivity index (χ2n) is 8.56. The van der Waals surface area contributed by atoms with Crippen LogP contribution >= 0.6 is 0 Å². The number of amides is 2. The minimum absolute atomic E-state index is 0.0443. The van der Waals surface area contributed by atoms with Crippen LogP contribution in [0.15, 0.2) is 42.5 Å². The van der Waals surface area contributed by atoms with Crippen LogP contribution in [0.5, 0.6) is 0 Å². The first-order valence-corrected chi connectivity index (χ1v) is 11.3. The van der Waals surface area contributed by atoms with E-state index < -0.39 is 30.1 Å². The summed E-state index contributed by atoms with van der Waals surface area (Å²) < 4.78 is 5.02. The van der Waals surface area contributed by atoms with E-state index in [0.29, 0.717) is 6.42 Å². The third kappa shape index (κ3) is 8.38. The smallest absolute Gasteiger partial charge is 0.336 e. The molecule has 2 rings (SSSR count). The van der Waals surface area contributed by atoms with E-state index in [0.717, 1.165) is 22.8 Å². The van der Waals surface area contributed by atoms with Crippen LogP contribution in [0.4, 0.5) is 4.79 Å². The number of esters is 1. The van der Waals surface area contributed by atoms with Crippen LogP contribution in [0, 0.1) is 5.92 Å². The largest absolute Gasteiger partial charge is 0.480 e. The first-order valence-electron chi connectivity index (χ1n) is 11.3. The molecule has 33 heavy (non-hydrogen) atoms. The maximum absolute atomic E-state index is 12.9. The lowest BCUT2D eigenvalue weighted by atomic mass is 10.0. The van der Waals surface area contributed by atoms with Gasteiger partial charge in [0.1, 0.15) is 6.04 Å². The van der Waals surface area contributed by atoms with Gasteiger partial charge in [0.15, 0.2) is 6.10 Å². The number of aliphatic carboxylic acids is 1. The Hall–Kier alpha value is -3.13. The van der Waals surface area contributed by atoms with Crippen molar-refractivity contribution in [1.29, 1.82) is 0 Å². The minimum Gasteiger partial charge on any atom is -0.480 e. The summed E-state index contributed by atoms with van der Waals surface area (Å²) in [7, 11) is 0. The maximum atomic E-state index is 12.9. The summed E-state index contributed by atoms with van der Waals surface area (Å²) in [6.07, 6.45) is 0.126. The summed E-state index contributed by atoms with van der Waals surface area (Å²) in [4.78, 5) is 38.0. The lowest BCUT2D eigenvalue weighted by Gasteiger charge is -2.28. The number of rotatable bonds is 12. The quantitative estimate of drug-likeness (QED) is 0.332. The first-order chi connectivity index (χ1) is 15.7. The molecule has 2 amide bonds. The minimum atomic E-state index is -1.50. The number of unbranched alkanes of at least 4 members (excludes halogenated alkanes) is 1. The fourth-order valence-electron chi connectivity index (χ4n) is 3.42. The number of carbonyl (C=O) groups excluding carboxylic acids is 2. The average Bonchev–Trinajstić information content (AvgIpc) is 2.77. The van der Waals surface area contributed by atoms with E-state index in [-0.39, 0.29) is 32.0 Å². The predicted octanol–water partition coefficient (Wildman–Crippen LogP) is 3.21. The van der Waals surface area contributed by atoms with Crippen molar-refractivity contribution in [2.75, 3.05) is 19.7 Å². The van der Waals surface area contributed by atoms with Gasteiger partial charge in [0.2, 0.25) is 0 Å². The number of nitrogens with one attached hydrogen (secondary N) is 1. The molecule has 0 bridgehead atoms. The summed E-state index contributed by atoms with van der Waals surface area (Å²) >= 11 is 0. The Bertz CT molecular complexity index is 945. The highest BCUT2D eigenvalue weighted by Crippen LogP contribution is 2.17. The summed E-state index contributed by atoms with van der Waals surface area (Å²) in [5.74, 6) is -1.92. The van der Waals surface area contributed by atoms with Gasteiger partial charge in [0.05, 0.1) is 13.2 Å². The Labute approximate surface area is 194 Å². The highest BCUT2D eigenvalue weighted by molar-refractivity contribution is 5.85. The Kier molecular flexibility index (Phi) is 10.1. The Morgan fingerprint density at radius 2 is 1.76 bits per heavy atom. The number of fused-ring (bicyclic) bond motifs is 1. The van der Waals surface area contributed by atoms with E-state index in [9.17, 15) is 24.6 Å². The third-order valence-corrected chi connectivity index (χ3v) is 5.13. The van der Waals surface area contributed by atoms with Crippen molar-refractivity contribution < 1.29 is 29.3 Å². The number of carboxylic acid groups (broad SMARTS) is 1. The molecule has 2 atom stereocenters. The van der Waals surface area contributed by atoms with Gasteiger partial charge < -0.3 is 25.2 Å². The molecule has 0 aliphatic carbocycles. The number of benzene rings is 2. The molecule has 0 aliphatic rings. The van der Waals surface area contributed by atoms with Gasteiger partial charge in [-0.25, -0.2) is 14.4 Å². The van der Waals surface area contributed by atoms with Crippen LogP contribution in [0.1, 0.15) is 39.2 Å². The first kappa shape index (κ1) is 26.1. The Morgan fingerprint density at radius 1 is 1.06 bits per heavy atom. The van der Waals surface area contributed by atoms with Crippen molar-refractivity contribution in [3.63, 3.8) is 0 Å². The zero-order valence-corrected chi connectivity index (χ0v) is 19.5. The molecule has 2 aromatic carbocycles. The highest BCUT2D eigenvalue weighted by atomic mass is 16.5. The third-order valence-electron chi connectivity index (χ3n) is 5.13. The molecule has 0 aliphatic heterocycles. The van der Waals surface area contributed by atoms with Crippen LogP contribution < -0.4 is 5.32 Å². The number of carboxylic acids is 1. The van der Waals surface area contributed by atoms with E-state index in [1.165, 1.54) is 4.90 Å². The Morgan fingerprint density at radius 3 is 2.39 bits per heavy atom. The van der Waals surface area contributed by atoms with Gasteiger partial charge in [0.25, 0.3) is 0 Å². The second kappa shape index (κ2) is 12.8. The van der Waals surface area contributed by atoms with Gasteiger partial charge in [-0.05, 0) is 28.7 Å². The number of nitrogens with zero attached hydrogens (tertiary/aromatic N) is 1. The number of urea groups is 1. The summed E-state index contributed by atoms with van der Waals surface area (Å²) in [6, 6.07) is 11.6. The molecule has 0 saturated carbocycles. The van der Waals surface area contributed by atoms with Crippen molar-refractivity contribution in [3.8, 4) is 0 Å². The molecular formula is C25H34N2O6. The van der Waals surface area contributed by atoms with E-state index in [4.69, 9.17) is 4.74 Å². The molecule has 8 heteroatoms. The van der Waals surface area contributed by atoms with E-state index in [1.807, 2.05) is 63.2 Å². The molecule has 1 unspecified atom stereocenters. The van der Waals surface area contributed by atoms with Gasteiger partial charge in [-0.3, -0.25) is 0 Å². The van der Waals surface area contributed by atoms with Crippen LogP contribution in [-0.4, -0.2) is 64.9 Å². The number of aliphatic hydroxyl groups excluding tert-OH is 1. The number of aliphatic hydroxyl groups is 1. The zero-order valence-electron chi connectivity index (χ0n) is 19.5. The monoisotopic (exact) mass is 458 g/mol. The fraction of sp³-hybridized carbons (Fsp3) is 0.480. The average molecular weight is 459 g/mol. The number of hydrogen-bond donors (Lipinski definition) is 3. The van der Waals surface area contributed by atoms with Crippen LogP contribution in [0.2, 0.25) is 0 Å². The van der Waals surface area contributed by atoms with Crippen LogP contribution in [-0.2, 0) is 20.7 Å². The molecule has 2 aromatic rings. The molecule has 180 valence electrons. The zero-order chi connectivity index (χ0) is 24.4. The SMILES string of the molecule is CCCCOC(=O)[C@@H](O)CN(CC(C)C)C(=O)NC(Cc1ccc2ccccc2c1)C(=O)O. The van der Waals surface area contributed by atoms with Gasteiger partial charge in [0, 0.05) is 13.0 Å². The van der Waals surface area contributed by atoms with E-state index in [1.54, 1.807) is 0 Å². The molecular weight excluding hydrogens is 424 g/mol. The molecule has 0 heterocycles. The standard InChI is InChI=1S/C25H34N2O6/c1-4-5-12-33-24(31)22(28)16-27(15-17(2)3)25(32)26-21(23(29)30)14-18-10-11-19-8-6-7-9-20(19)13-18/h6-11,13,17,21-22,28H,4-5,12,14-16H2,1-3H3,(H,26,32)(H,29,30)/t21?,22-/m0/s1. The van der Waals surface area contributed by atoms with Gasteiger partial charge >= 0.3 is 18.0 Å².